The maximum Gasteiger partial charge on any atom is 0.469 e. The van der Waals surface area contributed by atoms with E-state index >= 15 is 0 Å². The molecule has 10 nitrogen and oxygen atoms in total. The fourth-order valence-corrected chi connectivity index (χ4v) is 3.35. The highest BCUT2D eigenvalue weighted by Crippen LogP contribution is 2.38. The van der Waals surface area contributed by atoms with Gasteiger partial charge in [0.05, 0.1) is 6.61 Å². The van der Waals surface area contributed by atoms with E-state index in [1.165, 1.54) is 13.8 Å². The van der Waals surface area contributed by atoms with Crippen LogP contribution in [0.2, 0.25) is 0 Å². The lowest BCUT2D eigenvalue weighted by Gasteiger charge is -2.29. The zero-order chi connectivity index (χ0) is 23.9. The normalized spacial score (nSPS) is 13.2. The molecule has 0 radical (unpaired) electrons. The molecule has 0 aromatic carbocycles. The quantitative estimate of drug-likeness (QED) is 0.125. The molecule has 0 aromatic heterocycles. The van der Waals surface area contributed by atoms with Crippen molar-refractivity contribution in [1.82, 2.24) is 10.6 Å². The van der Waals surface area contributed by atoms with Gasteiger partial charge in [0.2, 0.25) is 16.9 Å². The number of hydrogen-bond donors (Lipinski definition) is 5. The third-order valence-electron chi connectivity index (χ3n) is 4.14. The molecule has 0 bridgehead atoms. The van der Waals surface area contributed by atoms with Gasteiger partial charge in [0, 0.05) is 30.7 Å². The highest BCUT2D eigenvalue weighted by atomic mass is 32.2. The Balaban J connectivity index is 4.01. The number of hydrogen-bond acceptors (Lipinski definition) is 7. The molecule has 1 atom stereocenters. The van der Waals surface area contributed by atoms with E-state index in [1.54, 1.807) is 6.08 Å². The van der Waals surface area contributed by atoms with Crippen LogP contribution >= 0.6 is 19.6 Å². The predicted octanol–water partition coefficient (Wildman–Crippen LogP) is 1.50. The van der Waals surface area contributed by atoms with Gasteiger partial charge >= 0.3 is 7.82 Å². The number of unbranched alkanes of at least 4 members (excludes halogenated alkanes) is 3. The third kappa shape index (κ3) is 16.1. The second-order valence-electron chi connectivity index (χ2n) is 7.61. The van der Waals surface area contributed by atoms with E-state index in [4.69, 9.17) is 9.79 Å². The highest BCUT2D eigenvalue weighted by Gasteiger charge is 2.35. The molecular weight excluding hydrogens is 447 g/mol. The fourth-order valence-electron chi connectivity index (χ4n) is 2.25. The molecule has 0 aromatic rings. The van der Waals surface area contributed by atoms with Crippen LogP contribution in [-0.2, 0) is 23.5 Å². The van der Waals surface area contributed by atoms with Crippen molar-refractivity contribution >= 4 is 36.5 Å². The number of allylic oxidation sites excluding steroid dienone is 1. The van der Waals surface area contributed by atoms with Gasteiger partial charge in [-0.3, -0.25) is 18.9 Å². The van der Waals surface area contributed by atoms with Crippen molar-refractivity contribution < 1.29 is 38.4 Å². The predicted molar refractivity (Wildman–Crippen MR) is 119 cm³/mol. The third-order valence-corrected chi connectivity index (χ3v) is 5.44. The number of thioether (sulfide) groups is 1. The molecule has 0 aliphatic carbocycles. The van der Waals surface area contributed by atoms with Crippen molar-refractivity contribution in [2.24, 2.45) is 5.41 Å². The van der Waals surface area contributed by atoms with Crippen molar-refractivity contribution in [3.8, 4) is 0 Å². The van der Waals surface area contributed by atoms with Gasteiger partial charge in [0.1, 0.15) is 6.10 Å². The Morgan fingerprint density at radius 2 is 1.84 bits per heavy atom. The molecule has 5 N–H and O–H groups in total. The van der Waals surface area contributed by atoms with E-state index in [1.807, 2.05) is 6.08 Å². The monoisotopic (exact) mass is 482 g/mol. The minimum Gasteiger partial charge on any atom is -0.383 e. The van der Waals surface area contributed by atoms with Crippen molar-refractivity contribution in [2.45, 2.75) is 59.0 Å². The summed E-state index contributed by atoms with van der Waals surface area (Å²) in [6.45, 7) is 4.70. The lowest BCUT2D eigenvalue weighted by molar-refractivity contribution is -0.137. The topological polar surface area (TPSA) is 162 Å². The summed E-state index contributed by atoms with van der Waals surface area (Å²) in [4.78, 5) is 52.9. The van der Waals surface area contributed by atoms with Gasteiger partial charge in [-0.1, -0.05) is 51.5 Å². The Labute approximate surface area is 187 Å². The second-order valence-corrected chi connectivity index (χ2v) is 9.95. The number of aliphatic hydroxyl groups is 1. The molecule has 0 aliphatic rings. The fraction of sp³-hybridized carbons (Fsp3) is 0.737. The standard InChI is InChI=1S/C19H35N2O8PS/c1-4-5-6-7-8-9-16(23)31-13-12-20-15(22)10-11-21-18(25)17(24)19(2,3)14-29-30(26,27)28/h8-9,17,24H,4-7,10-14H2,1-3H3,(H,20,22)(H,21,25)(H2,26,27,28)/b9-8+/t17-/m0/s1. The van der Waals surface area contributed by atoms with E-state index < -0.39 is 31.9 Å². The maximum atomic E-state index is 12.0. The number of rotatable bonds is 16. The summed E-state index contributed by atoms with van der Waals surface area (Å²) in [6, 6.07) is 0. The largest absolute Gasteiger partial charge is 0.469 e. The first-order valence-electron chi connectivity index (χ1n) is 10.1. The van der Waals surface area contributed by atoms with Gasteiger partial charge in [-0.05, 0) is 18.9 Å². The van der Waals surface area contributed by atoms with Gasteiger partial charge in [0.15, 0.2) is 0 Å². The van der Waals surface area contributed by atoms with Gasteiger partial charge in [-0.15, -0.1) is 0 Å². The Morgan fingerprint density at radius 3 is 2.45 bits per heavy atom. The average Bonchev–Trinajstić information content (AvgIpc) is 2.68. The van der Waals surface area contributed by atoms with E-state index in [0.717, 1.165) is 37.4 Å². The molecule has 31 heavy (non-hydrogen) atoms. The SMILES string of the molecule is CCCCC/C=C/C(=O)SCCNC(=O)CCNC(=O)[C@H](O)C(C)(C)COP(=O)(O)O. The van der Waals surface area contributed by atoms with Crippen LogP contribution in [0, 0.1) is 5.41 Å². The smallest absolute Gasteiger partial charge is 0.383 e. The average molecular weight is 483 g/mol. The molecule has 0 fully saturated rings. The first kappa shape index (κ1) is 29.8. The van der Waals surface area contributed by atoms with Gasteiger partial charge in [-0.25, -0.2) is 4.57 Å². The number of phosphoric acid groups is 1. The van der Waals surface area contributed by atoms with Crippen LogP contribution in [0.25, 0.3) is 0 Å². The van der Waals surface area contributed by atoms with E-state index in [-0.39, 0.29) is 24.0 Å². The molecule has 12 heteroatoms. The van der Waals surface area contributed by atoms with Crippen LogP contribution in [0.4, 0.5) is 0 Å². The Hall–Kier alpha value is -1.23. The highest BCUT2D eigenvalue weighted by molar-refractivity contribution is 8.14. The van der Waals surface area contributed by atoms with Crippen molar-refractivity contribution in [3.05, 3.63) is 12.2 Å². The summed E-state index contributed by atoms with van der Waals surface area (Å²) in [5.74, 6) is -0.663. The minimum atomic E-state index is -4.72. The summed E-state index contributed by atoms with van der Waals surface area (Å²) in [6.07, 6.45) is 6.02. The molecule has 0 aliphatic heterocycles. The van der Waals surface area contributed by atoms with E-state index in [9.17, 15) is 24.1 Å². The molecule has 2 amide bonds. The summed E-state index contributed by atoms with van der Waals surface area (Å²) >= 11 is 1.11. The van der Waals surface area contributed by atoms with Crippen molar-refractivity contribution in [2.75, 3.05) is 25.4 Å². The van der Waals surface area contributed by atoms with Crippen molar-refractivity contribution in [1.29, 1.82) is 0 Å². The lowest BCUT2D eigenvalue weighted by atomic mass is 9.87. The van der Waals surface area contributed by atoms with Crippen LogP contribution < -0.4 is 10.6 Å². The Bertz CT molecular complexity index is 651. The minimum absolute atomic E-state index is 0.0200. The van der Waals surface area contributed by atoms with Gasteiger partial charge in [-0.2, -0.15) is 0 Å². The summed E-state index contributed by atoms with van der Waals surface area (Å²) in [5, 5.41) is 15.0. The number of carbonyl (C=O) groups is 3. The molecule has 0 saturated heterocycles. The van der Waals surface area contributed by atoms with Crippen LogP contribution in [0.5, 0.6) is 0 Å². The Morgan fingerprint density at radius 1 is 1.16 bits per heavy atom. The first-order chi connectivity index (χ1) is 14.4. The maximum absolute atomic E-state index is 12.0. The van der Waals surface area contributed by atoms with Crippen LogP contribution in [0.15, 0.2) is 12.2 Å². The van der Waals surface area contributed by atoms with Crippen LogP contribution in [0.1, 0.15) is 52.9 Å². The summed E-state index contributed by atoms with van der Waals surface area (Å²) < 4.78 is 15.1. The summed E-state index contributed by atoms with van der Waals surface area (Å²) in [7, 11) is -4.72. The van der Waals surface area contributed by atoms with Crippen LogP contribution in [0.3, 0.4) is 0 Å². The number of amides is 2. The van der Waals surface area contributed by atoms with Gasteiger partial charge in [0.25, 0.3) is 0 Å². The molecular formula is C19H35N2O8PS. The lowest BCUT2D eigenvalue weighted by Crippen LogP contribution is -2.46. The molecule has 0 rings (SSSR count). The van der Waals surface area contributed by atoms with Crippen molar-refractivity contribution in [3.63, 3.8) is 0 Å². The number of nitrogens with one attached hydrogen (secondary N) is 2. The second kappa shape index (κ2) is 15.6. The summed E-state index contributed by atoms with van der Waals surface area (Å²) in [5.41, 5.74) is -1.25. The molecule has 0 unspecified atom stereocenters. The zero-order valence-electron chi connectivity index (χ0n) is 18.3. The zero-order valence-corrected chi connectivity index (χ0v) is 20.0. The van der Waals surface area contributed by atoms with E-state index in [2.05, 4.69) is 22.1 Å². The molecule has 0 spiro atoms. The first-order valence-corrected chi connectivity index (χ1v) is 12.7. The van der Waals surface area contributed by atoms with Crippen LogP contribution in [-0.4, -0.2) is 63.4 Å². The number of phosphoric ester groups is 1. The van der Waals surface area contributed by atoms with Gasteiger partial charge < -0.3 is 25.5 Å². The molecule has 180 valence electrons. The Kier molecular flexibility index (Phi) is 14.9. The molecule has 0 saturated carbocycles. The molecule has 0 heterocycles. The number of aliphatic hydroxyl groups excluding tert-OH is 1. The van der Waals surface area contributed by atoms with E-state index in [0.29, 0.717) is 12.3 Å². The number of carbonyl (C=O) groups excluding carboxylic acids is 3.